The number of aromatic nitrogens is 4. The van der Waals surface area contributed by atoms with E-state index in [2.05, 4.69) is 36.3 Å². The molecule has 1 N–H and O–H groups in total. The van der Waals surface area contributed by atoms with Crippen molar-refractivity contribution in [3.05, 3.63) is 71.1 Å². The van der Waals surface area contributed by atoms with Gasteiger partial charge in [0.15, 0.2) is 5.65 Å². The molecular formula is C21H19BrN6O. The van der Waals surface area contributed by atoms with Crippen molar-refractivity contribution in [3.8, 4) is 5.69 Å². The Balaban J connectivity index is 1.56. The second-order valence-electron chi connectivity index (χ2n) is 6.69. The molecule has 0 saturated heterocycles. The van der Waals surface area contributed by atoms with Crippen molar-refractivity contribution in [2.75, 3.05) is 23.8 Å². The summed E-state index contributed by atoms with van der Waals surface area (Å²) in [4.78, 5) is 23.1. The largest absolute Gasteiger partial charge is 0.350 e. The highest BCUT2D eigenvalue weighted by molar-refractivity contribution is 9.10. The summed E-state index contributed by atoms with van der Waals surface area (Å²) in [5.74, 6) is 0.528. The summed E-state index contributed by atoms with van der Waals surface area (Å²) in [6.45, 7) is 2.11. The van der Waals surface area contributed by atoms with Crippen LogP contribution >= 0.6 is 15.9 Å². The van der Waals surface area contributed by atoms with E-state index in [1.807, 2.05) is 62.5 Å². The van der Waals surface area contributed by atoms with Crippen LogP contribution in [-0.2, 0) is 4.79 Å². The van der Waals surface area contributed by atoms with E-state index in [9.17, 15) is 4.79 Å². The van der Waals surface area contributed by atoms with Crippen molar-refractivity contribution in [3.63, 3.8) is 0 Å². The lowest BCUT2D eigenvalue weighted by molar-refractivity contribution is -0.114. The number of rotatable bonds is 5. The molecule has 1 amide bonds. The Bertz CT molecular complexity index is 1170. The highest BCUT2D eigenvalue weighted by Crippen LogP contribution is 2.24. The molecule has 0 radical (unpaired) electrons. The fourth-order valence-electron chi connectivity index (χ4n) is 3.14. The maximum Gasteiger partial charge on any atom is 0.243 e. The normalized spacial score (nSPS) is 10.9. The number of nitrogens with zero attached hydrogens (tertiary/aromatic N) is 5. The first-order valence-electron chi connectivity index (χ1n) is 9.04. The second-order valence-corrected chi connectivity index (χ2v) is 7.61. The average molecular weight is 451 g/mol. The van der Waals surface area contributed by atoms with E-state index in [1.54, 1.807) is 15.8 Å². The number of para-hydroxylation sites is 1. The molecule has 0 unspecified atom stereocenters. The number of benzene rings is 2. The van der Waals surface area contributed by atoms with Gasteiger partial charge in [-0.05, 0) is 42.8 Å². The average Bonchev–Trinajstić information content (AvgIpc) is 3.15. The van der Waals surface area contributed by atoms with Crippen molar-refractivity contribution < 1.29 is 4.79 Å². The van der Waals surface area contributed by atoms with Gasteiger partial charge >= 0.3 is 0 Å². The van der Waals surface area contributed by atoms with Gasteiger partial charge < -0.3 is 10.2 Å². The van der Waals surface area contributed by atoms with Crippen molar-refractivity contribution in [2.45, 2.75) is 6.92 Å². The summed E-state index contributed by atoms with van der Waals surface area (Å²) in [6.07, 6.45) is 3.22. The van der Waals surface area contributed by atoms with Gasteiger partial charge in [-0.25, -0.2) is 14.6 Å². The fourth-order valence-corrected chi connectivity index (χ4v) is 3.62. The smallest absolute Gasteiger partial charge is 0.243 e. The summed E-state index contributed by atoms with van der Waals surface area (Å²) in [7, 11) is 1.83. The molecule has 0 saturated carbocycles. The van der Waals surface area contributed by atoms with E-state index >= 15 is 0 Å². The number of aryl methyl sites for hydroxylation is 1. The van der Waals surface area contributed by atoms with Gasteiger partial charge in [0.1, 0.15) is 12.1 Å². The standard InChI is InChI=1S/C21H19BrN6O/c1-14-10-15(22)8-9-18(14)26-19(29)12-27(2)20-17-11-25-28(21(17)24-13-23-20)16-6-4-3-5-7-16/h3-11,13H,12H2,1-2H3,(H,26,29). The van der Waals surface area contributed by atoms with E-state index < -0.39 is 0 Å². The number of halogens is 1. The fraction of sp³-hybridized carbons (Fsp3) is 0.143. The molecule has 0 aliphatic rings. The highest BCUT2D eigenvalue weighted by atomic mass is 79.9. The van der Waals surface area contributed by atoms with Crippen LogP contribution in [0.25, 0.3) is 16.7 Å². The molecule has 2 heterocycles. The molecule has 0 bridgehead atoms. The number of amides is 1. The van der Waals surface area contributed by atoms with E-state index in [-0.39, 0.29) is 12.5 Å². The monoisotopic (exact) mass is 450 g/mol. The van der Waals surface area contributed by atoms with Gasteiger partial charge in [-0.1, -0.05) is 34.1 Å². The molecule has 0 spiro atoms. The minimum absolute atomic E-state index is 0.125. The zero-order valence-electron chi connectivity index (χ0n) is 16.0. The summed E-state index contributed by atoms with van der Waals surface area (Å²) in [5, 5.41) is 8.19. The highest BCUT2D eigenvalue weighted by Gasteiger charge is 2.16. The van der Waals surface area contributed by atoms with Gasteiger partial charge in [-0.15, -0.1) is 0 Å². The number of likely N-dealkylation sites (N-methyl/N-ethyl adjacent to an activating group) is 1. The first kappa shape index (κ1) is 19.1. The van der Waals surface area contributed by atoms with Crippen molar-refractivity contribution in [2.24, 2.45) is 0 Å². The SMILES string of the molecule is Cc1cc(Br)ccc1NC(=O)CN(C)c1ncnc2c1cnn2-c1ccccc1. The van der Waals surface area contributed by atoms with Crippen molar-refractivity contribution in [1.29, 1.82) is 0 Å². The Morgan fingerprint density at radius 3 is 2.72 bits per heavy atom. The number of nitrogens with one attached hydrogen (secondary N) is 1. The Hall–Kier alpha value is -3.26. The van der Waals surface area contributed by atoms with Crippen LogP contribution in [0.1, 0.15) is 5.56 Å². The third-order valence-electron chi connectivity index (χ3n) is 4.55. The summed E-state index contributed by atoms with van der Waals surface area (Å²) >= 11 is 3.43. The Morgan fingerprint density at radius 2 is 1.97 bits per heavy atom. The number of hydrogen-bond donors (Lipinski definition) is 1. The molecule has 29 heavy (non-hydrogen) atoms. The maximum absolute atomic E-state index is 12.6. The summed E-state index contributed by atoms with van der Waals surface area (Å²) in [5.41, 5.74) is 3.38. The van der Waals surface area contributed by atoms with Crippen LogP contribution in [0.15, 0.2) is 65.5 Å². The van der Waals surface area contributed by atoms with Gasteiger partial charge in [0, 0.05) is 17.2 Å². The lowest BCUT2D eigenvalue weighted by atomic mass is 10.2. The van der Waals surface area contributed by atoms with Crippen LogP contribution in [0.2, 0.25) is 0 Å². The maximum atomic E-state index is 12.6. The molecule has 4 rings (SSSR count). The first-order valence-corrected chi connectivity index (χ1v) is 9.83. The molecule has 146 valence electrons. The molecule has 8 heteroatoms. The van der Waals surface area contributed by atoms with Crippen LogP contribution in [0.5, 0.6) is 0 Å². The predicted octanol–water partition coefficient (Wildman–Crippen LogP) is 3.96. The molecule has 0 fully saturated rings. The van der Waals surface area contributed by atoms with Crippen molar-refractivity contribution in [1.82, 2.24) is 19.7 Å². The number of carbonyl (C=O) groups is 1. The zero-order valence-corrected chi connectivity index (χ0v) is 17.6. The Labute approximate surface area is 176 Å². The van der Waals surface area contributed by atoms with Gasteiger partial charge in [-0.2, -0.15) is 5.10 Å². The number of fused-ring (bicyclic) bond motifs is 1. The predicted molar refractivity (Wildman–Crippen MR) is 117 cm³/mol. The third-order valence-corrected chi connectivity index (χ3v) is 5.04. The molecule has 7 nitrogen and oxygen atoms in total. The quantitative estimate of drug-likeness (QED) is 0.497. The molecule has 2 aromatic heterocycles. The second kappa shape index (κ2) is 8.00. The van der Waals surface area contributed by atoms with Crippen LogP contribution in [-0.4, -0.2) is 39.2 Å². The van der Waals surface area contributed by atoms with Gasteiger partial charge in [-0.3, -0.25) is 4.79 Å². The van der Waals surface area contributed by atoms with Crippen LogP contribution in [0, 0.1) is 6.92 Å². The van der Waals surface area contributed by atoms with Gasteiger partial charge in [0.2, 0.25) is 5.91 Å². The topological polar surface area (TPSA) is 75.9 Å². The third kappa shape index (κ3) is 3.97. The van der Waals surface area contributed by atoms with E-state index in [1.165, 1.54) is 6.33 Å². The lowest BCUT2D eigenvalue weighted by Gasteiger charge is -2.18. The van der Waals surface area contributed by atoms with E-state index in [4.69, 9.17) is 0 Å². The molecule has 2 aromatic carbocycles. The van der Waals surface area contributed by atoms with Crippen LogP contribution < -0.4 is 10.2 Å². The Morgan fingerprint density at radius 1 is 1.17 bits per heavy atom. The molecule has 0 aliphatic carbocycles. The summed E-state index contributed by atoms with van der Waals surface area (Å²) < 4.78 is 2.74. The minimum Gasteiger partial charge on any atom is -0.350 e. The van der Waals surface area contributed by atoms with Crippen LogP contribution in [0.3, 0.4) is 0 Å². The molecular weight excluding hydrogens is 432 g/mol. The van der Waals surface area contributed by atoms with Crippen molar-refractivity contribution >= 4 is 44.4 Å². The summed E-state index contributed by atoms with van der Waals surface area (Å²) in [6, 6.07) is 15.5. The minimum atomic E-state index is -0.125. The molecule has 0 aliphatic heterocycles. The zero-order chi connectivity index (χ0) is 20.4. The van der Waals surface area contributed by atoms with Crippen LogP contribution in [0.4, 0.5) is 11.5 Å². The van der Waals surface area contributed by atoms with Gasteiger partial charge in [0.25, 0.3) is 0 Å². The van der Waals surface area contributed by atoms with E-state index in [0.29, 0.717) is 11.5 Å². The molecule has 4 aromatic rings. The number of carbonyl (C=O) groups excluding carboxylic acids is 1. The van der Waals surface area contributed by atoms with Gasteiger partial charge in [0.05, 0.1) is 23.8 Å². The lowest BCUT2D eigenvalue weighted by Crippen LogP contribution is -2.31. The van der Waals surface area contributed by atoms with E-state index in [0.717, 1.165) is 26.8 Å². The number of anilines is 2. The number of hydrogen-bond acceptors (Lipinski definition) is 5. The Kier molecular flexibility index (Phi) is 5.26. The molecule has 0 atom stereocenters. The first-order chi connectivity index (χ1) is 14.0.